The van der Waals surface area contributed by atoms with E-state index < -0.39 is 11.7 Å². The van der Waals surface area contributed by atoms with Crippen LogP contribution in [0.25, 0.3) is 0 Å². The molecule has 0 aromatic heterocycles. The second-order valence-corrected chi connectivity index (χ2v) is 3.67. The Morgan fingerprint density at radius 2 is 1.94 bits per heavy atom. The lowest BCUT2D eigenvalue weighted by molar-refractivity contribution is -0.138. The van der Waals surface area contributed by atoms with Crippen molar-refractivity contribution in [2.24, 2.45) is 5.73 Å². The molecular weight excluding hydrogens is 217 g/mol. The SMILES string of the molecule is C[C@H](CN)NCc1ccccc1C(F)(F)F. The molecule has 0 unspecified atom stereocenters. The zero-order valence-electron chi connectivity index (χ0n) is 9.01. The Morgan fingerprint density at radius 3 is 2.50 bits per heavy atom. The third-order valence-corrected chi connectivity index (χ3v) is 2.32. The van der Waals surface area contributed by atoms with Gasteiger partial charge in [0.1, 0.15) is 0 Å². The topological polar surface area (TPSA) is 38.0 Å². The lowest BCUT2D eigenvalue weighted by Gasteiger charge is -2.15. The molecule has 0 aliphatic carbocycles. The molecule has 2 nitrogen and oxygen atoms in total. The summed E-state index contributed by atoms with van der Waals surface area (Å²) >= 11 is 0. The Balaban J connectivity index is 2.80. The monoisotopic (exact) mass is 232 g/mol. The average Bonchev–Trinajstić information content (AvgIpc) is 2.25. The van der Waals surface area contributed by atoms with Crippen molar-refractivity contribution in [1.82, 2.24) is 5.32 Å². The predicted molar refractivity (Wildman–Crippen MR) is 56.8 cm³/mol. The van der Waals surface area contributed by atoms with E-state index in [4.69, 9.17) is 5.73 Å². The van der Waals surface area contributed by atoms with Crippen molar-refractivity contribution in [2.75, 3.05) is 6.54 Å². The number of nitrogens with one attached hydrogen (secondary N) is 1. The molecule has 3 N–H and O–H groups in total. The molecule has 5 heteroatoms. The molecule has 0 saturated carbocycles. The first-order chi connectivity index (χ1) is 7.45. The smallest absolute Gasteiger partial charge is 0.329 e. The highest BCUT2D eigenvalue weighted by molar-refractivity contribution is 5.29. The van der Waals surface area contributed by atoms with E-state index in [9.17, 15) is 13.2 Å². The molecule has 0 heterocycles. The maximum atomic E-state index is 12.6. The Labute approximate surface area is 92.6 Å². The van der Waals surface area contributed by atoms with Crippen molar-refractivity contribution in [1.29, 1.82) is 0 Å². The Bertz CT molecular complexity index is 336. The summed E-state index contributed by atoms with van der Waals surface area (Å²) in [5.41, 5.74) is 5.03. The molecular formula is C11H15F3N2. The van der Waals surface area contributed by atoms with E-state index in [0.29, 0.717) is 6.54 Å². The summed E-state index contributed by atoms with van der Waals surface area (Å²) < 4.78 is 37.8. The van der Waals surface area contributed by atoms with Gasteiger partial charge in [-0.25, -0.2) is 0 Å². The molecule has 0 spiro atoms. The Hall–Kier alpha value is -1.07. The van der Waals surface area contributed by atoms with Crippen LogP contribution in [0.4, 0.5) is 13.2 Å². The van der Waals surface area contributed by atoms with E-state index in [1.165, 1.54) is 12.1 Å². The van der Waals surface area contributed by atoms with Gasteiger partial charge in [-0.05, 0) is 18.6 Å². The lowest BCUT2D eigenvalue weighted by atomic mass is 10.1. The Morgan fingerprint density at radius 1 is 1.31 bits per heavy atom. The van der Waals surface area contributed by atoms with Crippen LogP contribution in [0.2, 0.25) is 0 Å². The maximum Gasteiger partial charge on any atom is 0.416 e. The van der Waals surface area contributed by atoms with Gasteiger partial charge in [0, 0.05) is 19.1 Å². The first kappa shape index (κ1) is 13.0. The molecule has 0 saturated heterocycles. The van der Waals surface area contributed by atoms with Gasteiger partial charge < -0.3 is 11.1 Å². The molecule has 0 aliphatic rings. The summed E-state index contributed by atoms with van der Waals surface area (Å²) in [5, 5.41) is 2.94. The molecule has 1 aromatic carbocycles. The van der Waals surface area contributed by atoms with Crippen molar-refractivity contribution in [2.45, 2.75) is 25.7 Å². The maximum absolute atomic E-state index is 12.6. The summed E-state index contributed by atoms with van der Waals surface area (Å²) in [5.74, 6) is 0. The molecule has 0 bridgehead atoms. The van der Waals surface area contributed by atoms with E-state index in [1.54, 1.807) is 6.07 Å². The molecule has 1 aromatic rings. The van der Waals surface area contributed by atoms with Crippen molar-refractivity contribution in [3.63, 3.8) is 0 Å². The standard InChI is InChI=1S/C11H15F3N2/c1-8(6-15)16-7-9-4-2-3-5-10(9)11(12,13)14/h2-5,8,16H,6-7,15H2,1H3/t8-/m1/s1. The average molecular weight is 232 g/mol. The zero-order valence-corrected chi connectivity index (χ0v) is 9.01. The predicted octanol–water partition coefficient (Wildman–Crippen LogP) is 2.14. The lowest BCUT2D eigenvalue weighted by Crippen LogP contribution is -2.33. The summed E-state index contributed by atoms with van der Waals surface area (Å²) in [4.78, 5) is 0. The van der Waals surface area contributed by atoms with Crippen LogP contribution in [0.5, 0.6) is 0 Å². The molecule has 16 heavy (non-hydrogen) atoms. The van der Waals surface area contributed by atoms with Gasteiger partial charge in [-0.3, -0.25) is 0 Å². The molecule has 1 rings (SSSR count). The summed E-state index contributed by atoms with van der Waals surface area (Å²) in [6.45, 7) is 2.40. The molecule has 0 amide bonds. The number of hydrogen-bond acceptors (Lipinski definition) is 2. The van der Waals surface area contributed by atoms with Gasteiger partial charge in [0.25, 0.3) is 0 Å². The van der Waals surface area contributed by atoms with E-state index in [1.807, 2.05) is 6.92 Å². The third kappa shape index (κ3) is 3.50. The van der Waals surface area contributed by atoms with Crippen LogP contribution in [0.3, 0.4) is 0 Å². The number of hydrogen-bond donors (Lipinski definition) is 2. The fourth-order valence-electron chi connectivity index (χ4n) is 1.32. The van der Waals surface area contributed by atoms with E-state index in [-0.39, 0.29) is 18.2 Å². The highest BCUT2D eigenvalue weighted by Gasteiger charge is 2.32. The largest absolute Gasteiger partial charge is 0.416 e. The molecule has 0 aliphatic heterocycles. The van der Waals surface area contributed by atoms with E-state index >= 15 is 0 Å². The van der Waals surface area contributed by atoms with Gasteiger partial charge in [0.15, 0.2) is 0 Å². The van der Waals surface area contributed by atoms with Gasteiger partial charge in [0.05, 0.1) is 5.56 Å². The Kier molecular flexibility index (Phi) is 4.32. The van der Waals surface area contributed by atoms with Gasteiger partial charge >= 0.3 is 6.18 Å². The minimum Gasteiger partial charge on any atom is -0.329 e. The van der Waals surface area contributed by atoms with Gasteiger partial charge in [-0.15, -0.1) is 0 Å². The first-order valence-corrected chi connectivity index (χ1v) is 5.03. The number of benzene rings is 1. The quantitative estimate of drug-likeness (QED) is 0.834. The van der Waals surface area contributed by atoms with Crippen molar-refractivity contribution in [3.8, 4) is 0 Å². The molecule has 90 valence electrons. The first-order valence-electron chi connectivity index (χ1n) is 5.03. The normalized spacial score (nSPS) is 13.8. The van der Waals surface area contributed by atoms with Gasteiger partial charge in [0.2, 0.25) is 0 Å². The van der Waals surface area contributed by atoms with Crippen LogP contribution in [-0.2, 0) is 12.7 Å². The highest BCUT2D eigenvalue weighted by atomic mass is 19.4. The third-order valence-electron chi connectivity index (χ3n) is 2.32. The number of halogens is 3. The highest BCUT2D eigenvalue weighted by Crippen LogP contribution is 2.31. The summed E-state index contributed by atoms with van der Waals surface area (Å²) in [7, 11) is 0. The van der Waals surface area contributed by atoms with Crippen molar-refractivity contribution >= 4 is 0 Å². The summed E-state index contributed by atoms with van der Waals surface area (Å²) in [6, 6.07) is 5.54. The minimum atomic E-state index is -4.30. The molecule has 0 fully saturated rings. The minimum absolute atomic E-state index is 0.00119. The zero-order chi connectivity index (χ0) is 12.2. The number of rotatable bonds is 4. The van der Waals surface area contributed by atoms with E-state index in [2.05, 4.69) is 5.32 Å². The number of alkyl halides is 3. The van der Waals surface area contributed by atoms with Gasteiger partial charge in [-0.2, -0.15) is 13.2 Å². The van der Waals surface area contributed by atoms with Gasteiger partial charge in [-0.1, -0.05) is 18.2 Å². The summed E-state index contributed by atoms with van der Waals surface area (Å²) in [6.07, 6.45) is -4.30. The van der Waals surface area contributed by atoms with Crippen LogP contribution in [-0.4, -0.2) is 12.6 Å². The van der Waals surface area contributed by atoms with Crippen LogP contribution >= 0.6 is 0 Å². The van der Waals surface area contributed by atoms with Crippen LogP contribution in [0.1, 0.15) is 18.1 Å². The van der Waals surface area contributed by atoms with E-state index in [0.717, 1.165) is 6.07 Å². The number of nitrogens with two attached hydrogens (primary N) is 1. The van der Waals surface area contributed by atoms with Crippen LogP contribution in [0.15, 0.2) is 24.3 Å². The van der Waals surface area contributed by atoms with Crippen LogP contribution in [0, 0.1) is 0 Å². The second kappa shape index (κ2) is 5.32. The molecule has 0 radical (unpaired) electrons. The molecule has 1 atom stereocenters. The second-order valence-electron chi connectivity index (χ2n) is 3.67. The van der Waals surface area contributed by atoms with Crippen molar-refractivity contribution < 1.29 is 13.2 Å². The fraction of sp³-hybridized carbons (Fsp3) is 0.455. The van der Waals surface area contributed by atoms with Crippen molar-refractivity contribution in [3.05, 3.63) is 35.4 Å². The fourth-order valence-corrected chi connectivity index (χ4v) is 1.32. The van der Waals surface area contributed by atoms with Crippen LogP contribution < -0.4 is 11.1 Å².